The lowest BCUT2D eigenvalue weighted by Gasteiger charge is -2.29. The Morgan fingerprint density at radius 1 is 0.349 bits per heavy atom. The van der Waals surface area contributed by atoms with Crippen molar-refractivity contribution in [2.45, 2.75) is 0 Å². The molecule has 3 heteroatoms. The van der Waals surface area contributed by atoms with Crippen LogP contribution in [0.25, 0.3) is 93.9 Å². The number of furan rings is 1. The van der Waals surface area contributed by atoms with Gasteiger partial charge < -0.3 is 13.9 Å². The Kier molecular flexibility index (Phi) is 8.83. The van der Waals surface area contributed by atoms with Crippen molar-refractivity contribution >= 4 is 60.8 Å². The normalized spacial score (nSPS) is 11.5. The molecule has 0 aliphatic rings. The average Bonchev–Trinajstić information content (AvgIpc) is 3.91. The van der Waals surface area contributed by atoms with Gasteiger partial charge in [0.05, 0.1) is 27.8 Å². The molecule has 0 radical (unpaired) electrons. The van der Waals surface area contributed by atoms with E-state index < -0.39 is 0 Å². The van der Waals surface area contributed by atoms with E-state index in [0.29, 0.717) is 0 Å². The molecule has 10 aromatic carbocycles. The van der Waals surface area contributed by atoms with Crippen LogP contribution in [0.1, 0.15) is 0 Å². The van der Waals surface area contributed by atoms with Crippen molar-refractivity contribution in [3.05, 3.63) is 243 Å². The van der Waals surface area contributed by atoms with Gasteiger partial charge in [0, 0.05) is 44.7 Å². The van der Waals surface area contributed by atoms with Crippen molar-refractivity contribution in [2.75, 3.05) is 4.90 Å². The highest BCUT2D eigenvalue weighted by Crippen LogP contribution is 2.53. The maximum atomic E-state index is 6.95. The van der Waals surface area contributed by atoms with Gasteiger partial charge >= 0.3 is 0 Å². The molecule has 12 aromatic rings. The summed E-state index contributed by atoms with van der Waals surface area (Å²) in [6.45, 7) is 0. The zero-order valence-electron chi connectivity index (χ0n) is 34.4. The number of rotatable bonds is 8. The number of nitrogens with zero attached hydrogens (tertiary/aromatic N) is 2. The molecule has 63 heavy (non-hydrogen) atoms. The van der Waals surface area contributed by atoms with Crippen LogP contribution in [0.3, 0.4) is 0 Å². The Morgan fingerprint density at radius 2 is 0.841 bits per heavy atom. The fourth-order valence-electron chi connectivity index (χ4n) is 9.53. The summed E-state index contributed by atoms with van der Waals surface area (Å²) in [5.74, 6) is 0. The molecular weight excluding hydrogens is 765 g/mol. The van der Waals surface area contributed by atoms with Crippen molar-refractivity contribution in [2.24, 2.45) is 0 Å². The Morgan fingerprint density at radius 3 is 1.49 bits per heavy atom. The topological polar surface area (TPSA) is 21.3 Å². The number of hydrogen-bond acceptors (Lipinski definition) is 2. The number of hydrogen-bond donors (Lipinski definition) is 0. The van der Waals surface area contributed by atoms with Gasteiger partial charge in [0.15, 0.2) is 0 Å². The maximum absolute atomic E-state index is 6.95. The van der Waals surface area contributed by atoms with Crippen molar-refractivity contribution < 1.29 is 4.42 Å². The molecule has 0 spiro atoms. The first-order chi connectivity index (χ1) is 31.3. The van der Waals surface area contributed by atoms with E-state index in [4.69, 9.17) is 4.42 Å². The molecule has 0 saturated heterocycles. The molecule has 12 rings (SSSR count). The number of para-hydroxylation sites is 3. The van der Waals surface area contributed by atoms with Crippen LogP contribution < -0.4 is 4.90 Å². The van der Waals surface area contributed by atoms with Gasteiger partial charge in [0.2, 0.25) is 0 Å². The molecule has 0 atom stereocenters. The zero-order chi connectivity index (χ0) is 41.7. The van der Waals surface area contributed by atoms with Gasteiger partial charge in [-0.2, -0.15) is 0 Å². The summed E-state index contributed by atoms with van der Waals surface area (Å²) < 4.78 is 9.41. The molecule has 0 bridgehead atoms. The standard InChI is InChI=1S/C60H40N2O/c1-5-18-41(19-6-1)43-32-36-47(37-33-43)61(53-30-15-13-26-49(53)45-22-9-3-10-23-45)60-57-52-29-17-28-50(46-24-11-4-12-25-46)59(52)62(48-38-34-44(35-39-48)42-20-7-2-8-21-42)54(57)40-56-58(60)51-27-14-16-31-55(51)63-56/h1-40H. The van der Waals surface area contributed by atoms with Crippen LogP contribution in [-0.4, -0.2) is 4.57 Å². The second kappa shape index (κ2) is 15.3. The molecule has 0 amide bonds. The van der Waals surface area contributed by atoms with E-state index in [0.717, 1.165) is 94.3 Å². The molecular formula is C60H40N2O. The summed E-state index contributed by atoms with van der Waals surface area (Å²) >= 11 is 0. The molecule has 3 nitrogen and oxygen atoms in total. The third kappa shape index (κ3) is 6.21. The van der Waals surface area contributed by atoms with E-state index in [2.05, 4.69) is 252 Å². The van der Waals surface area contributed by atoms with E-state index in [1.54, 1.807) is 0 Å². The minimum atomic E-state index is 0.827. The fraction of sp³-hybridized carbons (Fsp3) is 0. The van der Waals surface area contributed by atoms with Crippen molar-refractivity contribution in [3.8, 4) is 50.2 Å². The molecule has 0 fully saturated rings. The third-order valence-electron chi connectivity index (χ3n) is 12.4. The Bertz CT molecular complexity index is 3570. The lowest BCUT2D eigenvalue weighted by Crippen LogP contribution is -2.12. The van der Waals surface area contributed by atoms with E-state index in [9.17, 15) is 0 Å². The van der Waals surface area contributed by atoms with Crippen LogP contribution in [0, 0.1) is 0 Å². The SMILES string of the molecule is c1ccc(-c2ccc(N(c3ccccc3-c3ccccc3)c3c4c(cc5c3c3cccc(-c6ccccc6)c3n5-c3ccc(-c5ccccc5)cc3)oc3ccccc34)cc2)cc1. The van der Waals surface area contributed by atoms with Crippen LogP contribution in [-0.2, 0) is 0 Å². The fourth-order valence-corrected chi connectivity index (χ4v) is 9.53. The lowest BCUT2D eigenvalue weighted by molar-refractivity contribution is 0.669. The summed E-state index contributed by atoms with van der Waals surface area (Å²) in [7, 11) is 0. The zero-order valence-corrected chi connectivity index (χ0v) is 34.4. The predicted octanol–water partition coefficient (Wildman–Crippen LogP) is 16.8. The molecule has 0 unspecified atom stereocenters. The maximum Gasteiger partial charge on any atom is 0.139 e. The van der Waals surface area contributed by atoms with Crippen molar-refractivity contribution in [1.82, 2.24) is 4.57 Å². The summed E-state index contributed by atoms with van der Waals surface area (Å²) in [5.41, 5.74) is 17.4. The number of fused-ring (bicyclic) bond motifs is 6. The van der Waals surface area contributed by atoms with Crippen molar-refractivity contribution in [1.29, 1.82) is 0 Å². The molecule has 0 aliphatic carbocycles. The minimum absolute atomic E-state index is 0.827. The van der Waals surface area contributed by atoms with Crippen LogP contribution >= 0.6 is 0 Å². The smallest absolute Gasteiger partial charge is 0.139 e. The Balaban J connectivity index is 1.24. The van der Waals surface area contributed by atoms with Crippen LogP contribution in [0.15, 0.2) is 247 Å². The molecule has 2 heterocycles. The first kappa shape index (κ1) is 36.5. The van der Waals surface area contributed by atoms with E-state index in [-0.39, 0.29) is 0 Å². The van der Waals surface area contributed by atoms with Gasteiger partial charge in [-0.1, -0.05) is 200 Å². The van der Waals surface area contributed by atoms with Crippen LogP contribution in [0.2, 0.25) is 0 Å². The first-order valence-electron chi connectivity index (χ1n) is 21.5. The minimum Gasteiger partial charge on any atom is -0.456 e. The lowest BCUT2D eigenvalue weighted by atomic mass is 9.97. The van der Waals surface area contributed by atoms with E-state index in [1.165, 1.54) is 16.7 Å². The van der Waals surface area contributed by atoms with Gasteiger partial charge in [-0.05, 0) is 69.8 Å². The average molecular weight is 805 g/mol. The van der Waals surface area contributed by atoms with Crippen molar-refractivity contribution in [3.63, 3.8) is 0 Å². The number of anilines is 3. The van der Waals surface area contributed by atoms with Gasteiger partial charge in [0.1, 0.15) is 11.2 Å². The molecule has 2 aromatic heterocycles. The highest BCUT2D eigenvalue weighted by atomic mass is 16.3. The molecule has 0 aliphatic heterocycles. The van der Waals surface area contributed by atoms with Gasteiger partial charge in [-0.15, -0.1) is 0 Å². The largest absolute Gasteiger partial charge is 0.456 e. The summed E-state index contributed by atoms with van der Waals surface area (Å²) in [6.07, 6.45) is 0. The van der Waals surface area contributed by atoms with E-state index in [1.807, 2.05) is 0 Å². The highest BCUT2D eigenvalue weighted by molar-refractivity contribution is 6.29. The summed E-state index contributed by atoms with van der Waals surface area (Å²) in [4.78, 5) is 2.49. The molecule has 296 valence electrons. The van der Waals surface area contributed by atoms with Gasteiger partial charge in [-0.3, -0.25) is 0 Å². The Labute approximate surface area is 366 Å². The highest BCUT2D eigenvalue weighted by Gasteiger charge is 2.29. The first-order valence-corrected chi connectivity index (χ1v) is 21.5. The summed E-state index contributed by atoms with van der Waals surface area (Å²) in [5, 5.41) is 4.43. The summed E-state index contributed by atoms with van der Waals surface area (Å²) in [6, 6.07) is 87.1. The number of benzene rings is 10. The second-order valence-electron chi connectivity index (χ2n) is 16.0. The van der Waals surface area contributed by atoms with Gasteiger partial charge in [0.25, 0.3) is 0 Å². The molecule has 0 saturated carbocycles. The van der Waals surface area contributed by atoms with E-state index >= 15 is 0 Å². The number of aromatic nitrogens is 1. The van der Waals surface area contributed by atoms with Gasteiger partial charge in [-0.25, -0.2) is 0 Å². The monoisotopic (exact) mass is 804 g/mol. The second-order valence-corrected chi connectivity index (χ2v) is 16.0. The van der Waals surface area contributed by atoms with Crippen LogP contribution in [0.5, 0.6) is 0 Å². The Hall–Kier alpha value is -8.40. The molecule has 0 N–H and O–H groups in total. The van der Waals surface area contributed by atoms with Crippen LogP contribution in [0.4, 0.5) is 17.1 Å². The third-order valence-corrected chi connectivity index (χ3v) is 12.4. The predicted molar refractivity (Wildman–Crippen MR) is 264 cm³/mol. The quantitative estimate of drug-likeness (QED) is 0.153.